The van der Waals surface area contributed by atoms with E-state index in [9.17, 15) is 21.6 Å². The normalized spacial score (nSPS) is 12.2. The van der Waals surface area contributed by atoms with Gasteiger partial charge in [-0.05, 0) is 18.2 Å². The molecule has 0 aromatic heterocycles. The van der Waals surface area contributed by atoms with Crippen molar-refractivity contribution in [3.05, 3.63) is 28.8 Å². The van der Waals surface area contributed by atoms with Crippen LogP contribution in [0.3, 0.4) is 0 Å². The fourth-order valence-electron chi connectivity index (χ4n) is 1.28. The van der Waals surface area contributed by atoms with Gasteiger partial charge >= 0.3 is 0 Å². The van der Waals surface area contributed by atoms with E-state index in [4.69, 9.17) is 22.3 Å². The van der Waals surface area contributed by atoms with Gasteiger partial charge in [0.15, 0.2) is 0 Å². The van der Waals surface area contributed by atoms with Crippen LogP contribution in [0.1, 0.15) is 10.4 Å². The molecule has 1 N–H and O–H groups in total. The number of amides is 1. The maximum atomic E-state index is 11.7. The Morgan fingerprint density at radius 1 is 1.25 bits per heavy atom. The first-order chi connectivity index (χ1) is 9.00. The van der Waals surface area contributed by atoms with Crippen LogP contribution in [0.5, 0.6) is 0 Å². The van der Waals surface area contributed by atoms with Gasteiger partial charge in [0, 0.05) is 29.0 Å². The highest BCUT2D eigenvalue weighted by atomic mass is 35.7. The van der Waals surface area contributed by atoms with Crippen molar-refractivity contribution in [1.29, 1.82) is 0 Å². The number of benzene rings is 1. The molecule has 0 saturated heterocycles. The van der Waals surface area contributed by atoms with E-state index in [0.29, 0.717) is 0 Å². The van der Waals surface area contributed by atoms with Crippen molar-refractivity contribution in [3.63, 3.8) is 0 Å². The highest BCUT2D eigenvalue weighted by Gasteiger charge is 2.17. The lowest BCUT2D eigenvalue weighted by Crippen LogP contribution is -2.28. The maximum absolute atomic E-state index is 11.7. The molecule has 0 saturated carbocycles. The zero-order valence-electron chi connectivity index (χ0n) is 10.3. The van der Waals surface area contributed by atoms with E-state index in [-0.39, 0.29) is 27.8 Å². The number of halogens is 2. The predicted molar refractivity (Wildman–Crippen MR) is 76.5 cm³/mol. The molecular weight excluding hydrogens is 349 g/mol. The van der Waals surface area contributed by atoms with E-state index < -0.39 is 24.8 Å². The second-order valence-corrected chi connectivity index (χ2v) is 9.17. The number of carbonyl (C=O) groups is 1. The third-order valence-electron chi connectivity index (χ3n) is 2.21. The third-order valence-corrected chi connectivity index (χ3v) is 4.96. The van der Waals surface area contributed by atoms with Gasteiger partial charge in [-0.15, -0.1) is 0 Å². The van der Waals surface area contributed by atoms with Gasteiger partial charge in [0.1, 0.15) is 14.7 Å². The van der Waals surface area contributed by atoms with Gasteiger partial charge in [-0.1, -0.05) is 11.6 Å². The smallest absolute Gasteiger partial charge is 0.262 e. The van der Waals surface area contributed by atoms with E-state index in [0.717, 1.165) is 12.3 Å². The number of carbonyl (C=O) groups excluding carboxylic acids is 1. The van der Waals surface area contributed by atoms with Crippen molar-refractivity contribution in [2.45, 2.75) is 4.90 Å². The molecule has 20 heavy (non-hydrogen) atoms. The summed E-state index contributed by atoms with van der Waals surface area (Å²) in [6.45, 7) is -0.0801. The Kier molecular flexibility index (Phi) is 5.42. The van der Waals surface area contributed by atoms with Crippen molar-refractivity contribution in [2.75, 3.05) is 18.6 Å². The molecular formula is C10H11Cl2NO5S2. The molecule has 0 unspecified atom stereocenters. The number of hydrogen-bond donors (Lipinski definition) is 1. The fraction of sp³-hybridized carbons (Fsp3) is 0.300. The summed E-state index contributed by atoms with van der Waals surface area (Å²) in [4.78, 5) is 11.4. The first-order valence-corrected chi connectivity index (χ1v) is 9.95. The number of sulfone groups is 1. The standard InChI is InChI=1S/C10H11Cl2NO5S2/c1-19(15,16)5-4-13-10(14)7-2-3-8(11)9(6-7)20(12,17)18/h2-3,6H,4-5H2,1H3,(H,13,14). The third kappa shape index (κ3) is 5.28. The average molecular weight is 360 g/mol. The van der Waals surface area contributed by atoms with Gasteiger partial charge in [0.05, 0.1) is 10.8 Å². The topological polar surface area (TPSA) is 97.4 Å². The van der Waals surface area contributed by atoms with Crippen LogP contribution in [0.25, 0.3) is 0 Å². The monoisotopic (exact) mass is 359 g/mol. The molecule has 0 heterocycles. The molecule has 0 radical (unpaired) electrons. The number of nitrogens with one attached hydrogen (secondary N) is 1. The maximum Gasteiger partial charge on any atom is 0.262 e. The van der Waals surface area contributed by atoms with E-state index in [1.807, 2.05) is 0 Å². The van der Waals surface area contributed by atoms with Gasteiger partial charge in [-0.25, -0.2) is 16.8 Å². The van der Waals surface area contributed by atoms with Crippen LogP contribution in [0.2, 0.25) is 5.02 Å². The molecule has 1 amide bonds. The Balaban J connectivity index is 2.90. The second-order valence-electron chi connectivity index (χ2n) is 3.97. The average Bonchev–Trinajstić information content (AvgIpc) is 2.26. The van der Waals surface area contributed by atoms with Gasteiger partial charge < -0.3 is 5.32 Å². The Morgan fingerprint density at radius 3 is 2.35 bits per heavy atom. The van der Waals surface area contributed by atoms with E-state index in [2.05, 4.69) is 5.32 Å². The van der Waals surface area contributed by atoms with Gasteiger partial charge in [-0.3, -0.25) is 4.79 Å². The Labute approximate surface area is 126 Å². The summed E-state index contributed by atoms with van der Waals surface area (Å²) in [7, 11) is -2.08. The zero-order valence-corrected chi connectivity index (χ0v) is 13.4. The SMILES string of the molecule is CS(=O)(=O)CCNC(=O)c1ccc(Cl)c(S(=O)(=O)Cl)c1. The largest absolute Gasteiger partial charge is 0.351 e. The molecule has 0 bridgehead atoms. The van der Waals surface area contributed by atoms with Crippen molar-refractivity contribution in [2.24, 2.45) is 0 Å². The summed E-state index contributed by atoms with van der Waals surface area (Å²) in [6, 6.07) is 3.56. The molecule has 1 aromatic rings. The molecule has 0 atom stereocenters. The molecule has 6 nitrogen and oxygen atoms in total. The summed E-state index contributed by atoms with van der Waals surface area (Å²) in [6.07, 6.45) is 1.04. The quantitative estimate of drug-likeness (QED) is 0.792. The van der Waals surface area contributed by atoms with Crippen molar-refractivity contribution >= 4 is 47.1 Å². The molecule has 0 aliphatic heterocycles. The molecule has 0 aliphatic rings. The molecule has 0 fully saturated rings. The highest BCUT2D eigenvalue weighted by molar-refractivity contribution is 8.13. The van der Waals surface area contributed by atoms with Crippen LogP contribution in [0.15, 0.2) is 23.1 Å². The van der Waals surface area contributed by atoms with Crippen LogP contribution in [-0.2, 0) is 18.9 Å². The second kappa shape index (κ2) is 6.30. The highest BCUT2D eigenvalue weighted by Crippen LogP contribution is 2.25. The molecule has 0 spiro atoms. The van der Waals surface area contributed by atoms with Crippen LogP contribution in [0, 0.1) is 0 Å². The number of hydrogen-bond acceptors (Lipinski definition) is 5. The van der Waals surface area contributed by atoms with Crippen LogP contribution < -0.4 is 5.32 Å². The number of rotatable bonds is 5. The van der Waals surface area contributed by atoms with E-state index >= 15 is 0 Å². The Hall–Kier alpha value is -0.830. The summed E-state index contributed by atoms with van der Waals surface area (Å²) in [5, 5.41) is 2.25. The first kappa shape index (κ1) is 17.2. The van der Waals surface area contributed by atoms with E-state index in [1.165, 1.54) is 12.1 Å². The minimum Gasteiger partial charge on any atom is -0.351 e. The zero-order chi connectivity index (χ0) is 15.6. The van der Waals surface area contributed by atoms with Crippen molar-refractivity contribution in [3.8, 4) is 0 Å². The molecule has 0 aliphatic carbocycles. The Bertz CT molecular complexity index is 728. The first-order valence-electron chi connectivity index (χ1n) is 5.21. The lowest BCUT2D eigenvalue weighted by Gasteiger charge is -2.06. The van der Waals surface area contributed by atoms with Gasteiger partial charge in [-0.2, -0.15) is 0 Å². The minimum absolute atomic E-state index is 0.0159. The molecule has 1 aromatic carbocycles. The van der Waals surface area contributed by atoms with Crippen molar-refractivity contribution < 1.29 is 21.6 Å². The lowest BCUT2D eigenvalue weighted by molar-refractivity contribution is 0.0956. The van der Waals surface area contributed by atoms with E-state index in [1.54, 1.807) is 0 Å². The van der Waals surface area contributed by atoms with Gasteiger partial charge in [0.25, 0.3) is 15.0 Å². The van der Waals surface area contributed by atoms with Crippen LogP contribution >= 0.6 is 22.3 Å². The van der Waals surface area contributed by atoms with Crippen LogP contribution in [0.4, 0.5) is 0 Å². The minimum atomic E-state index is -4.07. The lowest BCUT2D eigenvalue weighted by atomic mass is 10.2. The van der Waals surface area contributed by atoms with Gasteiger partial charge in [0.2, 0.25) is 0 Å². The summed E-state index contributed by atoms with van der Waals surface area (Å²) >= 11 is 5.68. The molecule has 10 heteroatoms. The summed E-state index contributed by atoms with van der Waals surface area (Å²) in [5.41, 5.74) is 0.0159. The molecule has 112 valence electrons. The predicted octanol–water partition coefficient (Wildman–Crippen LogP) is 1.04. The van der Waals surface area contributed by atoms with Crippen molar-refractivity contribution in [1.82, 2.24) is 5.32 Å². The summed E-state index contributed by atoms with van der Waals surface area (Å²) in [5.74, 6) is -0.834. The summed E-state index contributed by atoms with van der Waals surface area (Å²) < 4.78 is 44.3. The molecule has 1 rings (SSSR count). The fourth-order valence-corrected chi connectivity index (χ4v) is 3.25. The van der Waals surface area contributed by atoms with Crippen LogP contribution in [-0.4, -0.2) is 41.3 Å². The Morgan fingerprint density at radius 2 is 1.85 bits per heavy atom.